The van der Waals surface area contributed by atoms with Crippen LogP contribution >= 0.6 is 0 Å². The first kappa shape index (κ1) is 22.3. The molecule has 0 aliphatic carbocycles. The predicted octanol–water partition coefficient (Wildman–Crippen LogP) is 4.33. The molecule has 0 saturated carbocycles. The van der Waals surface area contributed by atoms with E-state index in [0.717, 1.165) is 27.6 Å². The molecule has 5 nitrogen and oxygen atoms in total. The monoisotopic (exact) mass is 418 g/mol. The van der Waals surface area contributed by atoms with E-state index in [0.29, 0.717) is 25.9 Å². The number of hydrogen-bond donors (Lipinski definition) is 1. The Kier molecular flexibility index (Phi) is 7.65. The minimum absolute atomic E-state index is 0.0468. The van der Waals surface area contributed by atoms with Gasteiger partial charge in [0.15, 0.2) is 0 Å². The molecular formula is C26H30N2O3. The second kappa shape index (κ2) is 10.6. The van der Waals surface area contributed by atoms with Gasteiger partial charge in [-0.15, -0.1) is 0 Å². The Morgan fingerprint density at radius 3 is 2.55 bits per heavy atom. The predicted molar refractivity (Wildman–Crippen MR) is 124 cm³/mol. The molecule has 0 aliphatic heterocycles. The number of nitrogens with one attached hydrogen (secondary N) is 1. The van der Waals surface area contributed by atoms with Crippen molar-refractivity contribution < 1.29 is 14.3 Å². The topological polar surface area (TPSA) is 58.6 Å². The largest absolute Gasteiger partial charge is 0.497 e. The van der Waals surface area contributed by atoms with Gasteiger partial charge in [-0.25, -0.2) is 0 Å². The molecule has 31 heavy (non-hydrogen) atoms. The van der Waals surface area contributed by atoms with Gasteiger partial charge in [-0.3, -0.25) is 9.59 Å². The van der Waals surface area contributed by atoms with Crippen molar-refractivity contribution in [2.24, 2.45) is 0 Å². The first-order valence-electron chi connectivity index (χ1n) is 10.7. The van der Waals surface area contributed by atoms with E-state index in [9.17, 15) is 9.59 Å². The SMILES string of the molecule is CCNC(=O)[C@@H](C)N(Cc1cccc(OC)c1)C(=O)CCc1cccc2ccccc12. The van der Waals surface area contributed by atoms with Gasteiger partial charge in [0.1, 0.15) is 11.8 Å². The Morgan fingerprint density at radius 2 is 1.77 bits per heavy atom. The van der Waals surface area contributed by atoms with Crippen LogP contribution in [0.15, 0.2) is 66.7 Å². The number of methoxy groups -OCH3 is 1. The molecule has 3 aromatic carbocycles. The van der Waals surface area contributed by atoms with Crippen LogP contribution in [0.3, 0.4) is 0 Å². The molecule has 0 unspecified atom stereocenters. The van der Waals surface area contributed by atoms with Crippen LogP contribution in [-0.2, 0) is 22.6 Å². The van der Waals surface area contributed by atoms with Crippen LogP contribution in [0.5, 0.6) is 5.75 Å². The zero-order valence-electron chi connectivity index (χ0n) is 18.4. The zero-order chi connectivity index (χ0) is 22.2. The van der Waals surface area contributed by atoms with Gasteiger partial charge in [-0.05, 0) is 54.3 Å². The standard InChI is InChI=1S/C26H30N2O3/c1-4-27-26(30)19(2)28(18-20-9-7-13-23(17-20)31-3)25(29)16-15-22-12-8-11-21-10-5-6-14-24(21)22/h5-14,17,19H,4,15-16,18H2,1-3H3,(H,27,30)/t19-/m1/s1. The van der Waals surface area contributed by atoms with Crippen LogP contribution in [0.1, 0.15) is 31.4 Å². The minimum atomic E-state index is -0.564. The highest BCUT2D eigenvalue weighted by molar-refractivity contribution is 5.88. The van der Waals surface area contributed by atoms with Gasteiger partial charge < -0.3 is 15.0 Å². The van der Waals surface area contributed by atoms with Crippen LogP contribution in [0.2, 0.25) is 0 Å². The van der Waals surface area contributed by atoms with Gasteiger partial charge in [0.05, 0.1) is 7.11 Å². The average Bonchev–Trinajstić information content (AvgIpc) is 2.80. The smallest absolute Gasteiger partial charge is 0.242 e. The van der Waals surface area contributed by atoms with Gasteiger partial charge in [-0.2, -0.15) is 0 Å². The van der Waals surface area contributed by atoms with E-state index in [1.165, 1.54) is 0 Å². The molecule has 1 atom stereocenters. The van der Waals surface area contributed by atoms with Crippen molar-refractivity contribution in [1.82, 2.24) is 10.2 Å². The summed E-state index contributed by atoms with van der Waals surface area (Å²) in [6.45, 7) is 4.53. The van der Waals surface area contributed by atoms with Gasteiger partial charge >= 0.3 is 0 Å². The summed E-state index contributed by atoms with van der Waals surface area (Å²) in [5.74, 6) is 0.532. The van der Waals surface area contributed by atoms with E-state index >= 15 is 0 Å². The fourth-order valence-corrected chi connectivity index (χ4v) is 3.77. The number of carbonyl (C=O) groups excluding carboxylic acids is 2. The average molecular weight is 419 g/mol. The third-order valence-electron chi connectivity index (χ3n) is 5.49. The third kappa shape index (κ3) is 5.63. The number of benzene rings is 3. The first-order valence-corrected chi connectivity index (χ1v) is 10.7. The van der Waals surface area contributed by atoms with Crippen LogP contribution in [0, 0.1) is 0 Å². The Morgan fingerprint density at radius 1 is 1.03 bits per heavy atom. The lowest BCUT2D eigenvalue weighted by Crippen LogP contribution is -2.47. The number of amides is 2. The van der Waals surface area contributed by atoms with Gasteiger partial charge in [0.2, 0.25) is 11.8 Å². The van der Waals surface area contributed by atoms with E-state index in [1.54, 1.807) is 18.9 Å². The molecule has 5 heteroatoms. The molecule has 0 radical (unpaired) electrons. The lowest BCUT2D eigenvalue weighted by molar-refractivity contribution is -0.140. The second-order valence-corrected chi connectivity index (χ2v) is 7.58. The normalized spacial score (nSPS) is 11.7. The molecule has 3 rings (SSSR count). The number of carbonyl (C=O) groups is 2. The molecule has 0 fully saturated rings. The Hall–Kier alpha value is -3.34. The molecule has 0 bridgehead atoms. The van der Waals surface area contributed by atoms with Gasteiger partial charge in [-0.1, -0.05) is 54.6 Å². The molecule has 0 heterocycles. The second-order valence-electron chi connectivity index (χ2n) is 7.58. The summed E-state index contributed by atoms with van der Waals surface area (Å²) >= 11 is 0. The summed E-state index contributed by atoms with van der Waals surface area (Å²) in [4.78, 5) is 27.5. The molecule has 162 valence electrons. The fraction of sp³-hybridized carbons (Fsp3) is 0.308. The van der Waals surface area contributed by atoms with Crippen LogP contribution in [0.4, 0.5) is 0 Å². The molecule has 2 amide bonds. The van der Waals surface area contributed by atoms with Crippen molar-refractivity contribution in [2.75, 3.05) is 13.7 Å². The number of ether oxygens (including phenoxy) is 1. The Labute approximate surface area is 184 Å². The van der Waals surface area contributed by atoms with Crippen molar-refractivity contribution in [3.63, 3.8) is 0 Å². The Bertz CT molecular complexity index is 1040. The van der Waals surface area contributed by atoms with Crippen LogP contribution in [0.25, 0.3) is 10.8 Å². The molecule has 3 aromatic rings. The number of aryl methyl sites for hydroxylation is 1. The van der Waals surface area contributed by atoms with Crippen molar-refractivity contribution >= 4 is 22.6 Å². The summed E-state index contributed by atoms with van der Waals surface area (Å²) in [7, 11) is 1.61. The van der Waals surface area contributed by atoms with Crippen molar-refractivity contribution in [3.05, 3.63) is 77.9 Å². The quantitative estimate of drug-likeness (QED) is 0.563. The van der Waals surface area contributed by atoms with E-state index in [2.05, 4.69) is 29.6 Å². The highest BCUT2D eigenvalue weighted by Gasteiger charge is 2.25. The third-order valence-corrected chi connectivity index (χ3v) is 5.49. The van der Waals surface area contributed by atoms with Crippen molar-refractivity contribution in [1.29, 1.82) is 0 Å². The molecule has 1 N–H and O–H groups in total. The van der Waals surface area contributed by atoms with Crippen LogP contribution < -0.4 is 10.1 Å². The highest BCUT2D eigenvalue weighted by atomic mass is 16.5. The lowest BCUT2D eigenvalue weighted by atomic mass is 10.0. The van der Waals surface area contributed by atoms with E-state index < -0.39 is 6.04 Å². The Balaban J connectivity index is 1.79. The van der Waals surface area contributed by atoms with Crippen molar-refractivity contribution in [2.45, 2.75) is 39.3 Å². The van der Waals surface area contributed by atoms with E-state index in [1.807, 2.05) is 49.4 Å². The maximum atomic E-state index is 13.3. The molecular weight excluding hydrogens is 388 g/mol. The lowest BCUT2D eigenvalue weighted by Gasteiger charge is -2.29. The van der Waals surface area contributed by atoms with E-state index in [4.69, 9.17) is 4.74 Å². The molecule has 0 aliphatic rings. The number of hydrogen-bond acceptors (Lipinski definition) is 3. The summed E-state index contributed by atoms with van der Waals surface area (Å²) < 4.78 is 5.31. The van der Waals surface area contributed by atoms with E-state index in [-0.39, 0.29) is 11.8 Å². The number of rotatable bonds is 9. The maximum Gasteiger partial charge on any atom is 0.242 e. The summed E-state index contributed by atoms with van der Waals surface area (Å²) in [5, 5.41) is 5.15. The van der Waals surface area contributed by atoms with Gasteiger partial charge in [0.25, 0.3) is 0 Å². The number of nitrogens with zero attached hydrogens (tertiary/aromatic N) is 1. The molecule has 0 spiro atoms. The summed E-state index contributed by atoms with van der Waals surface area (Å²) in [6, 6.07) is 21.4. The summed E-state index contributed by atoms with van der Waals surface area (Å²) in [5.41, 5.74) is 2.06. The molecule has 0 aromatic heterocycles. The number of fused-ring (bicyclic) bond motifs is 1. The summed E-state index contributed by atoms with van der Waals surface area (Å²) in [6.07, 6.45) is 0.957. The fourth-order valence-electron chi connectivity index (χ4n) is 3.77. The van der Waals surface area contributed by atoms with Crippen molar-refractivity contribution in [3.8, 4) is 5.75 Å². The molecule has 0 saturated heterocycles. The van der Waals surface area contributed by atoms with Crippen LogP contribution in [-0.4, -0.2) is 36.4 Å². The number of likely N-dealkylation sites (N-methyl/N-ethyl adjacent to an activating group) is 1. The first-order chi connectivity index (χ1) is 15.0. The zero-order valence-corrected chi connectivity index (χ0v) is 18.4. The maximum absolute atomic E-state index is 13.3. The van der Waals surface area contributed by atoms with Gasteiger partial charge in [0, 0.05) is 19.5 Å². The minimum Gasteiger partial charge on any atom is -0.497 e. The highest BCUT2D eigenvalue weighted by Crippen LogP contribution is 2.21.